The van der Waals surface area contributed by atoms with Gasteiger partial charge >= 0.3 is 0 Å². The fourth-order valence-electron chi connectivity index (χ4n) is 1.15. The molecular formula is C10H13F2N. The molecule has 1 aromatic carbocycles. The maximum Gasteiger partial charge on any atom is 0.126 e. The Morgan fingerprint density at radius 1 is 1.08 bits per heavy atom. The van der Waals surface area contributed by atoms with E-state index in [1.807, 2.05) is 13.8 Å². The molecular weight excluding hydrogens is 172 g/mol. The summed E-state index contributed by atoms with van der Waals surface area (Å²) < 4.78 is 25.5. The third kappa shape index (κ3) is 2.49. The Balaban J connectivity index is 3.01. The van der Waals surface area contributed by atoms with E-state index in [1.54, 1.807) is 0 Å². The van der Waals surface area contributed by atoms with Crippen molar-refractivity contribution < 1.29 is 8.78 Å². The Kier molecular flexibility index (Phi) is 2.98. The van der Waals surface area contributed by atoms with Gasteiger partial charge in [-0.25, -0.2) is 8.78 Å². The molecule has 1 nitrogen and oxygen atoms in total. The van der Waals surface area contributed by atoms with Crippen LogP contribution in [0.15, 0.2) is 18.2 Å². The van der Waals surface area contributed by atoms with Crippen LogP contribution in [0.1, 0.15) is 25.5 Å². The average molecular weight is 185 g/mol. The maximum atomic E-state index is 12.8. The van der Waals surface area contributed by atoms with Crippen molar-refractivity contribution in [1.82, 2.24) is 0 Å². The van der Waals surface area contributed by atoms with E-state index >= 15 is 0 Å². The minimum Gasteiger partial charge on any atom is -0.324 e. The van der Waals surface area contributed by atoms with E-state index in [4.69, 9.17) is 5.73 Å². The van der Waals surface area contributed by atoms with Gasteiger partial charge < -0.3 is 5.73 Å². The molecule has 3 heteroatoms. The summed E-state index contributed by atoms with van der Waals surface area (Å²) in [6, 6.07) is 3.07. The Hall–Kier alpha value is -0.960. The van der Waals surface area contributed by atoms with Gasteiger partial charge in [0.15, 0.2) is 0 Å². The summed E-state index contributed by atoms with van der Waals surface area (Å²) >= 11 is 0. The first-order chi connectivity index (χ1) is 6.00. The summed E-state index contributed by atoms with van der Waals surface area (Å²) in [6.07, 6.45) is 0. The Bertz CT molecular complexity index is 277. The van der Waals surface area contributed by atoms with Crippen LogP contribution in [0.4, 0.5) is 8.78 Å². The van der Waals surface area contributed by atoms with E-state index in [1.165, 1.54) is 12.1 Å². The lowest BCUT2D eigenvalue weighted by Crippen LogP contribution is -2.17. The standard InChI is InChI=1S/C10H13F2N/c1-6(2)10(13)7-3-8(11)5-9(12)4-7/h3-6,10H,13H2,1-2H3/t10-/m1/s1. The molecule has 72 valence electrons. The van der Waals surface area contributed by atoms with E-state index < -0.39 is 11.6 Å². The molecule has 0 aliphatic heterocycles. The number of nitrogens with two attached hydrogens (primary N) is 1. The van der Waals surface area contributed by atoms with E-state index in [0.717, 1.165) is 6.07 Å². The molecule has 0 spiro atoms. The van der Waals surface area contributed by atoms with Crippen LogP contribution in [0.5, 0.6) is 0 Å². The molecule has 0 saturated carbocycles. The molecule has 0 aliphatic carbocycles. The molecule has 0 bridgehead atoms. The zero-order valence-corrected chi connectivity index (χ0v) is 7.72. The van der Waals surface area contributed by atoms with Gasteiger partial charge in [0.1, 0.15) is 11.6 Å². The zero-order valence-electron chi connectivity index (χ0n) is 7.72. The van der Waals surface area contributed by atoms with E-state index in [0.29, 0.717) is 5.56 Å². The number of halogens is 2. The topological polar surface area (TPSA) is 26.0 Å². The molecule has 13 heavy (non-hydrogen) atoms. The molecule has 0 aromatic heterocycles. The third-order valence-corrected chi connectivity index (χ3v) is 1.99. The van der Waals surface area contributed by atoms with Gasteiger partial charge in [0.25, 0.3) is 0 Å². The van der Waals surface area contributed by atoms with E-state index in [-0.39, 0.29) is 12.0 Å². The van der Waals surface area contributed by atoms with E-state index in [9.17, 15) is 8.78 Å². The Morgan fingerprint density at radius 2 is 1.54 bits per heavy atom. The smallest absolute Gasteiger partial charge is 0.126 e. The second kappa shape index (κ2) is 3.83. The Labute approximate surface area is 76.6 Å². The fourth-order valence-corrected chi connectivity index (χ4v) is 1.15. The number of hydrogen-bond donors (Lipinski definition) is 1. The summed E-state index contributed by atoms with van der Waals surface area (Å²) in [6.45, 7) is 3.82. The van der Waals surface area contributed by atoms with Gasteiger partial charge in [0.05, 0.1) is 0 Å². The van der Waals surface area contributed by atoms with Gasteiger partial charge in [-0.3, -0.25) is 0 Å². The van der Waals surface area contributed by atoms with Crippen molar-refractivity contribution in [1.29, 1.82) is 0 Å². The normalized spacial score (nSPS) is 13.4. The monoisotopic (exact) mass is 185 g/mol. The molecule has 2 N–H and O–H groups in total. The first-order valence-electron chi connectivity index (χ1n) is 4.22. The lowest BCUT2D eigenvalue weighted by molar-refractivity contribution is 0.502. The lowest BCUT2D eigenvalue weighted by Gasteiger charge is -2.15. The van der Waals surface area contributed by atoms with E-state index in [2.05, 4.69) is 0 Å². The molecule has 0 amide bonds. The van der Waals surface area contributed by atoms with Crippen molar-refractivity contribution in [2.24, 2.45) is 11.7 Å². The predicted octanol–water partition coefficient (Wildman–Crippen LogP) is 2.62. The molecule has 0 aliphatic rings. The van der Waals surface area contributed by atoms with Gasteiger partial charge in [-0.1, -0.05) is 13.8 Å². The molecule has 1 rings (SSSR count). The van der Waals surface area contributed by atoms with Crippen molar-refractivity contribution in [3.05, 3.63) is 35.4 Å². The highest BCUT2D eigenvalue weighted by Crippen LogP contribution is 2.20. The number of rotatable bonds is 2. The zero-order chi connectivity index (χ0) is 10.0. The minimum absolute atomic E-state index is 0.168. The van der Waals surface area contributed by atoms with Crippen LogP contribution in [-0.2, 0) is 0 Å². The van der Waals surface area contributed by atoms with Crippen molar-refractivity contribution in [3.63, 3.8) is 0 Å². The van der Waals surface area contributed by atoms with Crippen molar-refractivity contribution >= 4 is 0 Å². The van der Waals surface area contributed by atoms with Crippen LogP contribution < -0.4 is 5.73 Å². The molecule has 0 saturated heterocycles. The molecule has 1 atom stereocenters. The molecule has 0 unspecified atom stereocenters. The molecule has 1 aromatic rings. The summed E-state index contributed by atoms with van der Waals surface area (Å²) in [5.41, 5.74) is 6.25. The highest BCUT2D eigenvalue weighted by Gasteiger charge is 2.12. The number of benzene rings is 1. The first-order valence-corrected chi connectivity index (χ1v) is 4.22. The highest BCUT2D eigenvalue weighted by atomic mass is 19.1. The number of hydrogen-bond acceptors (Lipinski definition) is 1. The van der Waals surface area contributed by atoms with Gasteiger partial charge in [-0.15, -0.1) is 0 Å². The second-order valence-corrected chi connectivity index (χ2v) is 3.47. The van der Waals surface area contributed by atoms with Crippen LogP contribution in [0.2, 0.25) is 0 Å². The SMILES string of the molecule is CC(C)[C@@H](N)c1cc(F)cc(F)c1. The summed E-state index contributed by atoms with van der Waals surface area (Å²) in [4.78, 5) is 0. The third-order valence-electron chi connectivity index (χ3n) is 1.99. The van der Waals surface area contributed by atoms with Crippen LogP contribution >= 0.6 is 0 Å². The summed E-state index contributed by atoms with van der Waals surface area (Å²) in [5.74, 6) is -0.988. The Morgan fingerprint density at radius 3 is 1.92 bits per heavy atom. The fraction of sp³-hybridized carbons (Fsp3) is 0.400. The molecule has 0 radical (unpaired) electrons. The average Bonchev–Trinajstić information content (AvgIpc) is 2.01. The van der Waals surface area contributed by atoms with Crippen molar-refractivity contribution in [2.75, 3.05) is 0 Å². The lowest BCUT2D eigenvalue weighted by atomic mass is 9.97. The van der Waals surface area contributed by atoms with Crippen molar-refractivity contribution in [3.8, 4) is 0 Å². The van der Waals surface area contributed by atoms with Gasteiger partial charge in [0.2, 0.25) is 0 Å². The quantitative estimate of drug-likeness (QED) is 0.753. The highest BCUT2D eigenvalue weighted by molar-refractivity contribution is 5.21. The van der Waals surface area contributed by atoms with Gasteiger partial charge in [0, 0.05) is 12.1 Å². The van der Waals surface area contributed by atoms with Crippen LogP contribution in [-0.4, -0.2) is 0 Å². The summed E-state index contributed by atoms with van der Waals surface area (Å²) in [7, 11) is 0. The van der Waals surface area contributed by atoms with Crippen molar-refractivity contribution in [2.45, 2.75) is 19.9 Å². The van der Waals surface area contributed by atoms with Gasteiger partial charge in [-0.05, 0) is 23.6 Å². The first kappa shape index (κ1) is 10.1. The van der Waals surface area contributed by atoms with Crippen LogP contribution in [0.3, 0.4) is 0 Å². The van der Waals surface area contributed by atoms with Gasteiger partial charge in [-0.2, -0.15) is 0 Å². The molecule has 0 heterocycles. The predicted molar refractivity (Wildman–Crippen MR) is 48.1 cm³/mol. The minimum atomic E-state index is -0.578. The largest absolute Gasteiger partial charge is 0.324 e. The van der Waals surface area contributed by atoms with Crippen LogP contribution in [0, 0.1) is 17.6 Å². The second-order valence-electron chi connectivity index (χ2n) is 3.47. The molecule has 0 fully saturated rings. The van der Waals surface area contributed by atoms with Crippen LogP contribution in [0.25, 0.3) is 0 Å². The summed E-state index contributed by atoms with van der Waals surface area (Å²) in [5, 5.41) is 0. The maximum absolute atomic E-state index is 12.8.